The Labute approximate surface area is 576 Å². The van der Waals surface area contributed by atoms with Crippen LogP contribution in [0.4, 0.5) is 0 Å². The van der Waals surface area contributed by atoms with Gasteiger partial charge in [0.25, 0.3) is 0 Å². The second-order valence-corrected chi connectivity index (χ2v) is 30.7. The number of amides is 4. The fraction of sp³-hybridized carbons (Fsp3) is 0.946. The molecule has 0 aromatic rings. The Bertz CT molecular complexity index is 1730. The molecule has 4 rings (SSSR count). The second kappa shape index (κ2) is 54.3. The maximum atomic E-state index is 12.3. The molecule has 4 amide bonds. The summed E-state index contributed by atoms with van der Waals surface area (Å²) in [6, 6.07) is 1.09. The summed E-state index contributed by atoms with van der Waals surface area (Å²) in [6.45, 7) is 61.3. The fourth-order valence-electron chi connectivity index (χ4n) is 11.9. The van der Waals surface area contributed by atoms with Gasteiger partial charge in [-0.25, -0.2) is 0 Å². The number of unbranched alkanes of at least 4 members (excludes halogenated alkanes) is 10. The third kappa shape index (κ3) is 47.4. The van der Waals surface area contributed by atoms with Gasteiger partial charge in [0.05, 0.1) is 94.3 Å². The first-order chi connectivity index (χ1) is 44.6. The van der Waals surface area contributed by atoms with Crippen molar-refractivity contribution in [3.63, 3.8) is 0 Å². The summed E-state index contributed by atoms with van der Waals surface area (Å²) in [6.07, 6.45) is 15.4. The van der Waals surface area contributed by atoms with Crippen molar-refractivity contribution < 1.29 is 47.6 Å². The Hall–Kier alpha value is -2.60. The van der Waals surface area contributed by atoms with E-state index in [-0.39, 0.29) is 52.4 Å². The average Bonchev–Trinajstić information content (AvgIpc) is 0.799. The van der Waals surface area contributed by atoms with E-state index in [0.717, 1.165) is 124 Å². The Kier molecular flexibility index (Phi) is 51.6. The highest BCUT2D eigenvalue weighted by Gasteiger charge is 2.45. The monoisotopic (exact) mass is 1340 g/mol. The number of hydrogen-bond donors (Lipinski definition) is 6. The van der Waals surface area contributed by atoms with Crippen molar-refractivity contribution in [2.45, 2.75) is 226 Å². The van der Waals surface area contributed by atoms with Crippen molar-refractivity contribution in [2.24, 2.45) is 46.3 Å². The fourth-order valence-corrected chi connectivity index (χ4v) is 11.9. The maximum Gasteiger partial charge on any atom is 0.228 e. The van der Waals surface area contributed by atoms with E-state index in [1.165, 1.54) is 64.2 Å². The summed E-state index contributed by atoms with van der Waals surface area (Å²) < 4.78 is 32.6. The number of ether oxygens (including phenoxy) is 6. The number of carbonyl (C=O) groups is 4. The zero-order chi connectivity index (χ0) is 70.2. The van der Waals surface area contributed by atoms with E-state index in [1.54, 1.807) is 0 Å². The third-order valence-electron chi connectivity index (χ3n) is 16.6. The van der Waals surface area contributed by atoms with Crippen LogP contribution in [0.5, 0.6) is 0 Å². The van der Waals surface area contributed by atoms with Crippen LogP contribution in [0.1, 0.15) is 202 Å². The number of carbonyl (C=O) groups excluding carboxylic acids is 4. The first-order valence-corrected chi connectivity index (χ1v) is 37.7. The van der Waals surface area contributed by atoms with E-state index in [0.29, 0.717) is 114 Å². The lowest BCUT2D eigenvalue weighted by Gasteiger charge is -2.47. The minimum Gasteiger partial charge on any atom is -0.379 e. The molecule has 0 aromatic heterocycles. The van der Waals surface area contributed by atoms with E-state index in [1.807, 2.05) is 13.8 Å². The normalized spacial score (nSPS) is 16.7. The van der Waals surface area contributed by atoms with Crippen LogP contribution in [0.15, 0.2) is 0 Å². The van der Waals surface area contributed by atoms with Gasteiger partial charge in [0.2, 0.25) is 23.6 Å². The molecule has 4 aliphatic rings. The summed E-state index contributed by atoms with van der Waals surface area (Å²) in [5.41, 5.74) is -0.316. The van der Waals surface area contributed by atoms with Crippen molar-refractivity contribution in [1.82, 2.24) is 51.5 Å². The number of nitrogens with zero attached hydrogens (tertiary/aromatic N) is 4. The smallest absolute Gasteiger partial charge is 0.228 e. The van der Waals surface area contributed by atoms with Gasteiger partial charge in [-0.05, 0) is 97.4 Å². The van der Waals surface area contributed by atoms with E-state index >= 15 is 0 Å². The zero-order valence-corrected chi connectivity index (χ0v) is 63.9. The highest BCUT2D eigenvalue weighted by Crippen LogP contribution is 2.32. The molecule has 4 aliphatic heterocycles. The van der Waals surface area contributed by atoms with Gasteiger partial charge in [0.15, 0.2) is 0 Å². The summed E-state index contributed by atoms with van der Waals surface area (Å²) in [5.74, 6) is 3.79. The van der Waals surface area contributed by atoms with Gasteiger partial charge in [-0.2, -0.15) is 0 Å². The van der Waals surface area contributed by atoms with Crippen LogP contribution in [0.25, 0.3) is 0 Å². The first kappa shape index (κ1) is 89.4. The van der Waals surface area contributed by atoms with E-state index < -0.39 is 0 Å². The molecule has 0 bridgehead atoms. The summed E-state index contributed by atoms with van der Waals surface area (Å²) >= 11 is 0. The molecular weight excluding hydrogens is 1190 g/mol. The van der Waals surface area contributed by atoms with Crippen molar-refractivity contribution in [3.8, 4) is 0 Å². The maximum absolute atomic E-state index is 12.3. The predicted octanol–water partition coefficient (Wildman–Crippen LogP) is 9.14. The second-order valence-electron chi connectivity index (χ2n) is 30.7. The quantitative estimate of drug-likeness (QED) is 0.0314. The third-order valence-corrected chi connectivity index (χ3v) is 16.6. The molecule has 556 valence electrons. The van der Waals surface area contributed by atoms with Crippen LogP contribution < -0.4 is 31.9 Å². The van der Waals surface area contributed by atoms with Crippen molar-refractivity contribution in [2.75, 3.05) is 184 Å². The molecule has 6 N–H and O–H groups in total. The molecule has 0 aliphatic carbocycles. The lowest BCUT2D eigenvalue weighted by molar-refractivity contribution is -0.140. The van der Waals surface area contributed by atoms with Gasteiger partial charge in [0.1, 0.15) is 0 Å². The first-order valence-electron chi connectivity index (χ1n) is 37.7. The molecule has 0 unspecified atom stereocenters. The van der Waals surface area contributed by atoms with Gasteiger partial charge in [-0.3, -0.25) is 19.2 Å². The van der Waals surface area contributed by atoms with Crippen LogP contribution in [-0.2, 0) is 47.6 Å². The highest BCUT2D eigenvalue weighted by atomic mass is 16.5. The van der Waals surface area contributed by atoms with Crippen molar-refractivity contribution in [1.29, 1.82) is 0 Å². The molecule has 4 saturated heterocycles. The number of hydrogen-bond acceptors (Lipinski definition) is 16. The minimum absolute atomic E-state index is 0.149. The molecule has 0 aromatic carbocycles. The SMILES string of the molecule is CC(C)CN1CC(C(=O)NCCOCCOCCNC(C)C)C1.CC(C)CN1CC(C(=O)NCCOCCOCCOC(C)C)C1.CC(C)CN1CC(C)(C(=O)NCCCCCCCCNC(C)C)C1.CC(C)CN1CC(C)(C(=O)NCCCCCCCCOC(C)C)C1. The van der Waals surface area contributed by atoms with Gasteiger partial charge < -0.3 is 79.9 Å². The standard InChI is InChI=1S/C20H41N3O.C20H40N2O2.C17H35N3O3.C17H34N2O4/c1-17(2)14-23-15-20(5,16-23)19(24)22-13-11-9-7-6-8-10-12-21-18(3)4;1-17(2)14-22-15-20(5,16-22)19(23)21-12-10-8-6-7-9-11-13-24-18(3)4;1-14(2)11-20-12-16(13-20)17(21)19-6-8-23-10-9-22-7-5-18-15(3)4;1-14(2)11-19-12-16(13-19)17(20)18-5-6-21-7-8-22-9-10-23-15(3)4/h17-18,21H,6-16H2,1-5H3,(H,22,24);17-18H,6-16H2,1-5H3,(H,21,23);14-16,18H,5-13H2,1-4H3,(H,19,21);14-16H,5-13H2,1-4H3,(H,18,20). The molecular formula is C74H150N10O10. The van der Waals surface area contributed by atoms with Crippen LogP contribution in [0.2, 0.25) is 0 Å². The lowest BCUT2D eigenvalue weighted by Crippen LogP contribution is -2.62. The Balaban J connectivity index is 0.000000627. The molecule has 0 atom stereocenters. The topological polar surface area (TPSA) is 209 Å². The Morgan fingerprint density at radius 1 is 0.340 bits per heavy atom. The zero-order valence-electron chi connectivity index (χ0n) is 63.9. The molecule has 0 radical (unpaired) electrons. The Morgan fingerprint density at radius 3 is 1.00 bits per heavy atom. The summed E-state index contributed by atoms with van der Waals surface area (Å²) in [7, 11) is 0. The lowest BCUT2D eigenvalue weighted by atomic mass is 9.80. The molecule has 20 nitrogen and oxygen atoms in total. The summed E-state index contributed by atoms with van der Waals surface area (Å²) in [5, 5.41) is 18.9. The van der Waals surface area contributed by atoms with Gasteiger partial charge >= 0.3 is 0 Å². The molecule has 20 heteroatoms. The Morgan fingerprint density at radius 2 is 0.638 bits per heavy atom. The largest absolute Gasteiger partial charge is 0.379 e. The predicted molar refractivity (Wildman–Crippen MR) is 387 cm³/mol. The minimum atomic E-state index is -0.161. The average molecular weight is 1340 g/mol. The van der Waals surface area contributed by atoms with Crippen LogP contribution in [0.3, 0.4) is 0 Å². The number of nitrogens with one attached hydrogen (secondary N) is 6. The van der Waals surface area contributed by atoms with Crippen LogP contribution >= 0.6 is 0 Å². The highest BCUT2D eigenvalue weighted by molar-refractivity contribution is 5.84. The molecule has 94 heavy (non-hydrogen) atoms. The summed E-state index contributed by atoms with van der Waals surface area (Å²) in [4.78, 5) is 57.8. The van der Waals surface area contributed by atoms with E-state index in [4.69, 9.17) is 28.4 Å². The van der Waals surface area contributed by atoms with Crippen LogP contribution in [-0.4, -0.2) is 251 Å². The van der Waals surface area contributed by atoms with E-state index in [9.17, 15) is 19.2 Å². The molecule has 4 heterocycles. The van der Waals surface area contributed by atoms with E-state index in [2.05, 4.69) is 162 Å². The van der Waals surface area contributed by atoms with Crippen molar-refractivity contribution in [3.05, 3.63) is 0 Å². The number of rotatable bonds is 52. The van der Waals surface area contributed by atoms with Crippen LogP contribution in [0, 0.1) is 46.3 Å². The number of likely N-dealkylation sites (tertiary alicyclic amines) is 4. The van der Waals surface area contributed by atoms with Gasteiger partial charge in [-0.15, -0.1) is 0 Å². The van der Waals surface area contributed by atoms with Crippen molar-refractivity contribution >= 4 is 23.6 Å². The van der Waals surface area contributed by atoms with Gasteiger partial charge in [0, 0.05) is 130 Å². The van der Waals surface area contributed by atoms with Gasteiger partial charge in [-0.1, -0.05) is 134 Å². The molecule has 4 fully saturated rings. The molecule has 0 saturated carbocycles. The molecule has 0 spiro atoms.